The Bertz CT molecular complexity index is 492. The van der Waals surface area contributed by atoms with E-state index in [0.717, 1.165) is 25.7 Å². The maximum absolute atomic E-state index is 12.0. The molecule has 0 spiro atoms. The number of hydrogen-bond donors (Lipinski definition) is 1. The van der Waals surface area contributed by atoms with Crippen LogP contribution in [0.3, 0.4) is 0 Å². The fourth-order valence-electron chi connectivity index (χ4n) is 5.92. The lowest BCUT2D eigenvalue weighted by molar-refractivity contribution is -0.154. The summed E-state index contributed by atoms with van der Waals surface area (Å²) in [4.78, 5) is 12.0. The fourth-order valence-corrected chi connectivity index (χ4v) is 5.92. The average molecular weight is 581 g/mol. The van der Waals surface area contributed by atoms with Crippen LogP contribution in [0, 0.1) is 0 Å². The summed E-state index contributed by atoms with van der Waals surface area (Å²) in [6, 6.07) is 0. The van der Waals surface area contributed by atoms with E-state index in [-0.39, 0.29) is 0 Å². The van der Waals surface area contributed by atoms with Crippen molar-refractivity contribution in [2.75, 3.05) is 6.61 Å². The lowest BCUT2D eigenvalue weighted by Crippen LogP contribution is -2.23. The summed E-state index contributed by atoms with van der Waals surface area (Å²) < 4.78 is 5.31. The van der Waals surface area contributed by atoms with Gasteiger partial charge in [-0.25, -0.2) is 4.79 Å². The zero-order valence-electron chi connectivity index (χ0n) is 28.4. The largest absolute Gasteiger partial charge is 0.464 e. The van der Waals surface area contributed by atoms with Crippen molar-refractivity contribution in [2.45, 2.75) is 232 Å². The van der Waals surface area contributed by atoms with Gasteiger partial charge in [-0.15, -0.1) is 0 Å². The Morgan fingerprint density at radius 3 is 0.951 bits per heavy atom. The van der Waals surface area contributed by atoms with Crippen LogP contribution in [-0.2, 0) is 9.53 Å². The van der Waals surface area contributed by atoms with E-state index in [1.165, 1.54) is 180 Å². The predicted octanol–water partition coefficient (Wildman–Crippen LogP) is 12.8. The van der Waals surface area contributed by atoms with E-state index in [1.54, 1.807) is 0 Å². The van der Waals surface area contributed by atoms with Crippen LogP contribution in [0.2, 0.25) is 0 Å². The first kappa shape index (κ1) is 40.4. The highest BCUT2D eigenvalue weighted by atomic mass is 16.5. The van der Waals surface area contributed by atoms with Gasteiger partial charge in [0.2, 0.25) is 0 Å². The molecule has 0 fully saturated rings. The van der Waals surface area contributed by atoms with Crippen LogP contribution in [0.25, 0.3) is 0 Å². The van der Waals surface area contributed by atoms with Gasteiger partial charge in [0.05, 0.1) is 6.61 Å². The third-order valence-electron chi connectivity index (χ3n) is 8.85. The molecule has 246 valence electrons. The van der Waals surface area contributed by atoms with Gasteiger partial charge in [-0.3, -0.25) is 0 Å². The molecule has 0 aromatic rings. The van der Waals surface area contributed by atoms with Crippen molar-refractivity contribution in [1.29, 1.82) is 0 Å². The molecule has 0 radical (unpaired) electrons. The summed E-state index contributed by atoms with van der Waals surface area (Å²) in [6.07, 6.45) is 42.5. The second kappa shape index (κ2) is 35.6. The molecule has 1 N–H and O–H groups in total. The number of unbranched alkanes of at least 4 members (excludes halogenated alkanes) is 30. The van der Waals surface area contributed by atoms with Gasteiger partial charge in [-0.1, -0.05) is 213 Å². The molecule has 0 aliphatic rings. The first-order valence-corrected chi connectivity index (χ1v) is 19.1. The number of aliphatic hydroxyl groups is 1. The molecule has 0 rings (SSSR count). The van der Waals surface area contributed by atoms with Gasteiger partial charge in [-0.2, -0.15) is 0 Å². The summed E-state index contributed by atoms with van der Waals surface area (Å²) in [6.45, 7) is 5.03. The summed E-state index contributed by atoms with van der Waals surface area (Å²) in [7, 11) is 0. The molecule has 0 aliphatic carbocycles. The molecule has 0 bridgehead atoms. The third kappa shape index (κ3) is 33.8. The van der Waals surface area contributed by atoms with E-state index < -0.39 is 12.1 Å². The Balaban J connectivity index is 3.26. The van der Waals surface area contributed by atoms with Crippen molar-refractivity contribution in [3.8, 4) is 0 Å². The van der Waals surface area contributed by atoms with E-state index >= 15 is 0 Å². The number of ether oxygens (including phenoxy) is 1. The molecule has 3 heteroatoms. The van der Waals surface area contributed by atoms with Crippen LogP contribution in [0.15, 0.2) is 0 Å². The van der Waals surface area contributed by atoms with Crippen LogP contribution in [0.1, 0.15) is 226 Å². The Kier molecular flexibility index (Phi) is 35.1. The number of esters is 1. The summed E-state index contributed by atoms with van der Waals surface area (Å²) in [5, 5.41) is 10.1. The molecule has 1 unspecified atom stereocenters. The van der Waals surface area contributed by atoms with Crippen LogP contribution in [-0.4, -0.2) is 23.8 Å². The van der Waals surface area contributed by atoms with Crippen LogP contribution >= 0.6 is 0 Å². The first-order valence-electron chi connectivity index (χ1n) is 19.1. The topological polar surface area (TPSA) is 46.5 Å². The van der Waals surface area contributed by atoms with E-state index in [0.29, 0.717) is 13.0 Å². The molecule has 0 saturated heterocycles. The Hall–Kier alpha value is -0.570. The highest BCUT2D eigenvalue weighted by molar-refractivity contribution is 5.74. The van der Waals surface area contributed by atoms with Crippen molar-refractivity contribution in [1.82, 2.24) is 0 Å². The Morgan fingerprint density at radius 1 is 0.415 bits per heavy atom. The standard InChI is InChI=1S/C38H76O3/c1-3-5-7-9-11-13-15-17-19-20-21-22-24-26-28-30-32-34-36-41-38(40)37(39)35-33-31-29-27-25-23-18-16-14-12-10-8-6-4-2/h37,39H,3-36H2,1-2H3. The molecular formula is C38H76O3. The number of rotatable bonds is 35. The minimum absolute atomic E-state index is 0.410. The van der Waals surface area contributed by atoms with Gasteiger partial charge >= 0.3 is 5.97 Å². The molecule has 0 aromatic heterocycles. The van der Waals surface area contributed by atoms with E-state index in [1.807, 2.05) is 0 Å². The smallest absolute Gasteiger partial charge is 0.334 e. The molecule has 3 nitrogen and oxygen atoms in total. The molecule has 41 heavy (non-hydrogen) atoms. The monoisotopic (exact) mass is 581 g/mol. The minimum atomic E-state index is -0.928. The molecule has 0 amide bonds. The number of aliphatic hydroxyl groups excluding tert-OH is 1. The molecule has 0 saturated carbocycles. The molecule has 0 aromatic carbocycles. The normalized spacial score (nSPS) is 12.2. The molecule has 0 aliphatic heterocycles. The SMILES string of the molecule is CCCCCCCCCCCCCCCCCCCCOC(=O)C(O)CCCCCCCCCCCCCCCC. The highest BCUT2D eigenvalue weighted by Gasteiger charge is 2.15. The molecular weight excluding hydrogens is 504 g/mol. The van der Waals surface area contributed by atoms with Crippen LogP contribution < -0.4 is 0 Å². The van der Waals surface area contributed by atoms with Crippen LogP contribution in [0.4, 0.5) is 0 Å². The zero-order valence-corrected chi connectivity index (χ0v) is 28.4. The van der Waals surface area contributed by atoms with Gasteiger partial charge in [-0.05, 0) is 12.8 Å². The van der Waals surface area contributed by atoms with Gasteiger partial charge in [0, 0.05) is 0 Å². The Morgan fingerprint density at radius 2 is 0.659 bits per heavy atom. The van der Waals surface area contributed by atoms with Gasteiger partial charge in [0.1, 0.15) is 0 Å². The third-order valence-corrected chi connectivity index (χ3v) is 8.85. The van der Waals surface area contributed by atoms with Crippen molar-refractivity contribution in [2.24, 2.45) is 0 Å². The second-order valence-electron chi connectivity index (χ2n) is 13.1. The zero-order chi connectivity index (χ0) is 29.9. The fraction of sp³-hybridized carbons (Fsp3) is 0.974. The number of carbonyl (C=O) groups excluding carboxylic acids is 1. The van der Waals surface area contributed by atoms with E-state index in [9.17, 15) is 9.90 Å². The van der Waals surface area contributed by atoms with E-state index in [4.69, 9.17) is 4.74 Å². The minimum Gasteiger partial charge on any atom is -0.464 e. The lowest BCUT2D eigenvalue weighted by Gasteiger charge is -2.10. The van der Waals surface area contributed by atoms with Crippen molar-refractivity contribution < 1.29 is 14.6 Å². The van der Waals surface area contributed by atoms with Gasteiger partial charge in [0.15, 0.2) is 6.10 Å². The quantitative estimate of drug-likeness (QED) is 0.0599. The first-order chi connectivity index (χ1) is 20.2. The maximum Gasteiger partial charge on any atom is 0.334 e. The van der Waals surface area contributed by atoms with Gasteiger partial charge in [0.25, 0.3) is 0 Å². The second-order valence-corrected chi connectivity index (χ2v) is 13.1. The summed E-state index contributed by atoms with van der Waals surface area (Å²) in [5.41, 5.74) is 0. The van der Waals surface area contributed by atoms with Gasteiger partial charge < -0.3 is 9.84 Å². The predicted molar refractivity (Wildman–Crippen MR) is 181 cm³/mol. The average Bonchev–Trinajstić information content (AvgIpc) is 2.98. The van der Waals surface area contributed by atoms with Crippen molar-refractivity contribution in [3.63, 3.8) is 0 Å². The lowest BCUT2D eigenvalue weighted by atomic mass is 10.0. The van der Waals surface area contributed by atoms with Crippen molar-refractivity contribution >= 4 is 5.97 Å². The van der Waals surface area contributed by atoms with Crippen molar-refractivity contribution in [3.05, 3.63) is 0 Å². The van der Waals surface area contributed by atoms with E-state index in [2.05, 4.69) is 13.8 Å². The van der Waals surface area contributed by atoms with Crippen LogP contribution in [0.5, 0.6) is 0 Å². The molecule has 1 atom stereocenters. The maximum atomic E-state index is 12.0. The highest BCUT2D eigenvalue weighted by Crippen LogP contribution is 2.16. The Labute approximate surface area is 258 Å². The summed E-state index contributed by atoms with van der Waals surface area (Å²) in [5.74, 6) is -0.410. The molecule has 0 heterocycles. The summed E-state index contributed by atoms with van der Waals surface area (Å²) >= 11 is 0. The number of carbonyl (C=O) groups is 1. The number of hydrogen-bond acceptors (Lipinski definition) is 3.